The van der Waals surface area contributed by atoms with E-state index in [9.17, 15) is 8.78 Å². The summed E-state index contributed by atoms with van der Waals surface area (Å²) in [4.78, 5) is 0. The Bertz CT molecular complexity index is 464. The van der Waals surface area contributed by atoms with Crippen molar-refractivity contribution < 1.29 is 8.78 Å². The second kappa shape index (κ2) is 8.49. The standard InChI is InChI=1S/C16H22BrF2NS/c1-2-20-14(10-21-11-6-4-3-5-7-11)15-13(18)9-8-12(17)16(15)19/h8-9,11,14,20H,2-7,10H2,1H3. The minimum Gasteiger partial charge on any atom is -0.309 e. The zero-order valence-electron chi connectivity index (χ0n) is 12.3. The third-order valence-electron chi connectivity index (χ3n) is 3.93. The highest BCUT2D eigenvalue weighted by Gasteiger charge is 2.23. The molecule has 1 aliphatic rings. The van der Waals surface area contributed by atoms with Crippen molar-refractivity contribution >= 4 is 27.7 Å². The molecule has 0 amide bonds. The lowest BCUT2D eigenvalue weighted by Gasteiger charge is -2.25. The van der Waals surface area contributed by atoms with Crippen molar-refractivity contribution in [3.05, 3.63) is 33.8 Å². The van der Waals surface area contributed by atoms with E-state index in [1.807, 2.05) is 18.7 Å². The van der Waals surface area contributed by atoms with Gasteiger partial charge in [-0.25, -0.2) is 8.78 Å². The van der Waals surface area contributed by atoms with Gasteiger partial charge in [0.05, 0.1) is 4.47 Å². The highest BCUT2D eigenvalue weighted by Crippen LogP contribution is 2.33. The van der Waals surface area contributed by atoms with E-state index in [1.165, 1.54) is 44.2 Å². The number of rotatable bonds is 6. The Morgan fingerprint density at radius 3 is 2.67 bits per heavy atom. The van der Waals surface area contributed by atoms with Crippen LogP contribution in [-0.4, -0.2) is 17.5 Å². The monoisotopic (exact) mass is 377 g/mol. The third kappa shape index (κ3) is 4.67. The SMILES string of the molecule is CCNC(CSC1CCCCC1)c1c(F)ccc(Br)c1F. The maximum Gasteiger partial charge on any atom is 0.145 e. The number of hydrogen-bond acceptors (Lipinski definition) is 2. The number of benzene rings is 1. The van der Waals surface area contributed by atoms with Crippen LogP contribution in [0, 0.1) is 11.6 Å². The van der Waals surface area contributed by atoms with Crippen molar-refractivity contribution in [3.63, 3.8) is 0 Å². The molecule has 1 aromatic rings. The first kappa shape index (κ1) is 17.2. The molecule has 1 atom stereocenters. The molecule has 0 spiro atoms. The summed E-state index contributed by atoms with van der Waals surface area (Å²) in [5.74, 6) is -0.237. The predicted octanol–water partition coefficient (Wildman–Crippen LogP) is 5.44. The van der Waals surface area contributed by atoms with Crippen LogP contribution >= 0.6 is 27.7 Å². The van der Waals surface area contributed by atoms with Gasteiger partial charge in [0.2, 0.25) is 0 Å². The van der Waals surface area contributed by atoms with Gasteiger partial charge in [0, 0.05) is 22.6 Å². The molecule has 118 valence electrons. The molecule has 21 heavy (non-hydrogen) atoms. The Balaban J connectivity index is 2.09. The highest BCUT2D eigenvalue weighted by molar-refractivity contribution is 9.10. The molecule has 5 heteroatoms. The minimum atomic E-state index is -0.481. The van der Waals surface area contributed by atoms with E-state index < -0.39 is 11.6 Å². The fourth-order valence-corrected chi connectivity index (χ4v) is 4.58. The van der Waals surface area contributed by atoms with Crippen LogP contribution in [0.2, 0.25) is 0 Å². The topological polar surface area (TPSA) is 12.0 Å². The minimum absolute atomic E-state index is 0.162. The number of hydrogen-bond donors (Lipinski definition) is 1. The van der Waals surface area contributed by atoms with Gasteiger partial charge in [-0.15, -0.1) is 0 Å². The average molecular weight is 378 g/mol. The van der Waals surface area contributed by atoms with Crippen LogP contribution in [0.5, 0.6) is 0 Å². The predicted molar refractivity (Wildman–Crippen MR) is 89.8 cm³/mol. The van der Waals surface area contributed by atoms with Gasteiger partial charge in [-0.1, -0.05) is 26.2 Å². The van der Waals surface area contributed by atoms with E-state index in [1.54, 1.807) is 0 Å². The second-order valence-electron chi connectivity index (χ2n) is 5.46. The second-order valence-corrected chi connectivity index (χ2v) is 7.65. The van der Waals surface area contributed by atoms with Crippen molar-refractivity contribution in [2.24, 2.45) is 0 Å². The van der Waals surface area contributed by atoms with Crippen LogP contribution in [0.3, 0.4) is 0 Å². The molecule has 0 heterocycles. The van der Waals surface area contributed by atoms with E-state index in [2.05, 4.69) is 21.2 Å². The fourth-order valence-electron chi connectivity index (χ4n) is 2.82. The lowest BCUT2D eigenvalue weighted by atomic mass is 10.0. The van der Waals surface area contributed by atoms with E-state index in [-0.39, 0.29) is 11.6 Å². The molecule has 0 radical (unpaired) electrons. The van der Waals surface area contributed by atoms with Gasteiger partial charge in [0.25, 0.3) is 0 Å². The third-order valence-corrected chi connectivity index (χ3v) is 6.01. The summed E-state index contributed by atoms with van der Waals surface area (Å²) < 4.78 is 28.6. The molecule has 1 N–H and O–H groups in total. The van der Waals surface area contributed by atoms with Gasteiger partial charge in [-0.2, -0.15) is 11.8 Å². The zero-order valence-corrected chi connectivity index (χ0v) is 14.7. The summed E-state index contributed by atoms with van der Waals surface area (Å²) in [6, 6.07) is 2.48. The molecular formula is C16H22BrF2NS. The van der Waals surface area contributed by atoms with Gasteiger partial charge in [0.1, 0.15) is 11.6 Å². The van der Waals surface area contributed by atoms with Crippen LogP contribution in [-0.2, 0) is 0 Å². The molecule has 0 aromatic heterocycles. The van der Waals surface area contributed by atoms with Gasteiger partial charge in [-0.3, -0.25) is 0 Å². The Morgan fingerprint density at radius 1 is 1.29 bits per heavy atom. The van der Waals surface area contributed by atoms with Crippen LogP contribution < -0.4 is 5.32 Å². The number of thioether (sulfide) groups is 1. The van der Waals surface area contributed by atoms with E-state index >= 15 is 0 Å². The number of nitrogens with one attached hydrogen (secondary N) is 1. The van der Waals surface area contributed by atoms with Crippen molar-refractivity contribution in [1.29, 1.82) is 0 Å². The van der Waals surface area contributed by atoms with E-state index in [4.69, 9.17) is 0 Å². The van der Waals surface area contributed by atoms with Crippen LogP contribution in [0.25, 0.3) is 0 Å². The molecule has 0 aliphatic heterocycles. The molecule has 1 unspecified atom stereocenters. The summed E-state index contributed by atoms with van der Waals surface area (Å²) in [6.45, 7) is 2.66. The average Bonchev–Trinajstić information content (AvgIpc) is 2.50. The summed E-state index contributed by atoms with van der Waals surface area (Å²) >= 11 is 5.00. The molecule has 2 rings (SSSR count). The Morgan fingerprint density at radius 2 is 2.00 bits per heavy atom. The van der Waals surface area contributed by atoms with Gasteiger partial charge in [0.15, 0.2) is 0 Å². The van der Waals surface area contributed by atoms with Crippen LogP contribution in [0.1, 0.15) is 50.6 Å². The maximum atomic E-state index is 14.3. The number of halogens is 3. The van der Waals surface area contributed by atoms with Crippen molar-refractivity contribution in [2.75, 3.05) is 12.3 Å². The maximum absolute atomic E-state index is 14.3. The molecule has 1 saturated carbocycles. The molecule has 1 fully saturated rings. The lowest BCUT2D eigenvalue weighted by molar-refractivity contribution is 0.492. The first-order valence-corrected chi connectivity index (χ1v) is 9.46. The van der Waals surface area contributed by atoms with Crippen molar-refractivity contribution in [2.45, 2.75) is 50.3 Å². The van der Waals surface area contributed by atoms with Gasteiger partial charge < -0.3 is 5.32 Å². The molecule has 0 saturated heterocycles. The van der Waals surface area contributed by atoms with Crippen LogP contribution in [0.15, 0.2) is 16.6 Å². The summed E-state index contributed by atoms with van der Waals surface area (Å²) in [5.41, 5.74) is 0.162. The summed E-state index contributed by atoms with van der Waals surface area (Å²) in [7, 11) is 0. The molecule has 1 nitrogen and oxygen atoms in total. The Kier molecular flexibility index (Phi) is 6.96. The highest BCUT2D eigenvalue weighted by atomic mass is 79.9. The lowest BCUT2D eigenvalue weighted by Crippen LogP contribution is -2.26. The van der Waals surface area contributed by atoms with Crippen LogP contribution in [0.4, 0.5) is 8.78 Å². The Labute approximate surface area is 138 Å². The van der Waals surface area contributed by atoms with E-state index in [0.717, 1.165) is 0 Å². The zero-order chi connectivity index (χ0) is 15.2. The largest absolute Gasteiger partial charge is 0.309 e. The first-order chi connectivity index (χ1) is 10.1. The summed E-state index contributed by atoms with van der Waals surface area (Å²) in [5, 5.41) is 3.86. The molecular weight excluding hydrogens is 356 g/mol. The smallest absolute Gasteiger partial charge is 0.145 e. The quantitative estimate of drug-likeness (QED) is 0.662. The van der Waals surface area contributed by atoms with Gasteiger partial charge >= 0.3 is 0 Å². The molecule has 0 bridgehead atoms. The summed E-state index contributed by atoms with van der Waals surface area (Å²) in [6.07, 6.45) is 6.34. The van der Waals surface area contributed by atoms with E-state index in [0.29, 0.717) is 22.0 Å². The molecule has 1 aliphatic carbocycles. The van der Waals surface area contributed by atoms with Crippen molar-refractivity contribution in [3.8, 4) is 0 Å². The van der Waals surface area contributed by atoms with Crippen molar-refractivity contribution in [1.82, 2.24) is 5.32 Å². The first-order valence-electron chi connectivity index (χ1n) is 7.61. The molecule has 1 aromatic carbocycles. The normalized spacial score (nSPS) is 17.9. The fraction of sp³-hybridized carbons (Fsp3) is 0.625. The Hall–Kier alpha value is -0.130. The van der Waals surface area contributed by atoms with Gasteiger partial charge in [-0.05, 0) is 47.4 Å².